The smallest absolute Gasteiger partial charge is 0.257 e. The average Bonchev–Trinajstić information content (AvgIpc) is 3.04. The SMILES string of the molecule is CCCc1sc(NC(=O)c2ccccc2C)nc1-c1ccc(OC)cc1. The Hall–Kier alpha value is -2.66. The van der Waals surface area contributed by atoms with Crippen LogP contribution in [0, 0.1) is 6.92 Å². The van der Waals surface area contributed by atoms with Crippen molar-refractivity contribution in [3.05, 3.63) is 64.5 Å². The third-order valence-electron chi connectivity index (χ3n) is 4.15. The van der Waals surface area contributed by atoms with Gasteiger partial charge in [0.2, 0.25) is 0 Å². The Kier molecular flexibility index (Phi) is 5.68. The summed E-state index contributed by atoms with van der Waals surface area (Å²) in [6.45, 7) is 4.07. The molecule has 4 nitrogen and oxygen atoms in total. The van der Waals surface area contributed by atoms with Crippen molar-refractivity contribution in [2.75, 3.05) is 12.4 Å². The Bertz CT molecular complexity index is 901. The number of amides is 1. The number of nitrogens with one attached hydrogen (secondary N) is 1. The highest BCUT2D eigenvalue weighted by molar-refractivity contribution is 7.16. The van der Waals surface area contributed by atoms with Gasteiger partial charge in [-0.3, -0.25) is 10.1 Å². The number of benzene rings is 2. The lowest BCUT2D eigenvalue weighted by molar-refractivity contribution is 0.102. The quantitative estimate of drug-likeness (QED) is 0.641. The van der Waals surface area contributed by atoms with Gasteiger partial charge in [-0.05, 0) is 49.2 Å². The van der Waals surface area contributed by atoms with Gasteiger partial charge in [-0.25, -0.2) is 4.98 Å². The number of nitrogens with zero attached hydrogens (tertiary/aromatic N) is 1. The maximum Gasteiger partial charge on any atom is 0.257 e. The molecule has 1 N–H and O–H groups in total. The fraction of sp³-hybridized carbons (Fsp3) is 0.238. The third kappa shape index (κ3) is 3.94. The van der Waals surface area contributed by atoms with Crippen LogP contribution in [-0.2, 0) is 6.42 Å². The minimum absolute atomic E-state index is 0.124. The zero-order valence-electron chi connectivity index (χ0n) is 15.2. The third-order valence-corrected chi connectivity index (χ3v) is 5.18. The second-order valence-electron chi connectivity index (χ2n) is 6.04. The molecule has 2 aromatic carbocycles. The Morgan fingerprint density at radius 3 is 2.54 bits per heavy atom. The number of carbonyl (C=O) groups excluding carboxylic acids is 1. The van der Waals surface area contributed by atoms with Gasteiger partial charge in [0.15, 0.2) is 5.13 Å². The number of aryl methyl sites for hydroxylation is 2. The molecule has 1 amide bonds. The molecular formula is C21H22N2O2S. The van der Waals surface area contributed by atoms with Crippen molar-refractivity contribution in [2.24, 2.45) is 0 Å². The largest absolute Gasteiger partial charge is 0.497 e. The predicted molar refractivity (Wildman–Crippen MR) is 107 cm³/mol. The second kappa shape index (κ2) is 8.15. The van der Waals surface area contributed by atoms with E-state index in [0.29, 0.717) is 10.7 Å². The van der Waals surface area contributed by atoms with Crippen molar-refractivity contribution < 1.29 is 9.53 Å². The molecule has 26 heavy (non-hydrogen) atoms. The van der Waals surface area contributed by atoms with E-state index >= 15 is 0 Å². The summed E-state index contributed by atoms with van der Waals surface area (Å²) in [6.07, 6.45) is 1.95. The molecule has 1 heterocycles. The lowest BCUT2D eigenvalue weighted by Crippen LogP contribution is -2.12. The number of carbonyl (C=O) groups is 1. The van der Waals surface area contributed by atoms with E-state index in [9.17, 15) is 4.79 Å². The van der Waals surface area contributed by atoms with Crippen molar-refractivity contribution in [1.29, 1.82) is 0 Å². The van der Waals surface area contributed by atoms with Gasteiger partial charge in [0.25, 0.3) is 5.91 Å². The summed E-state index contributed by atoms with van der Waals surface area (Å²) in [5.74, 6) is 0.690. The van der Waals surface area contributed by atoms with Crippen molar-refractivity contribution in [3.63, 3.8) is 0 Å². The van der Waals surface area contributed by atoms with E-state index in [1.54, 1.807) is 18.4 Å². The molecule has 0 bridgehead atoms. The molecule has 3 aromatic rings. The zero-order chi connectivity index (χ0) is 18.5. The number of methoxy groups -OCH3 is 1. The topological polar surface area (TPSA) is 51.2 Å². The number of ether oxygens (including phenoxy) is 1. The molecule has 1 aromatic heterocycles. The molecule has 0 atom stereocenters. The maximum atomic E-state index is 12.6. The molecule has 0 fully saturated rings. The molecule has 0 spiro atoms. The Morgan fingerprint density at radius 1 is 1.15 bits per heavy atom. The molecule has 0 unspecified atom stereocenters. The van der Waals surface area contributed by atoms with Gasteiger partial charge in [0, 0.05) is 16.0 Å². The molecule has 0 radical (unpaired) electrons. The predicted octanol–water partition coefficient (Wildman–Crippen LogP) is 5.33. The zero-order valence-corrected chi connectivity index (χ0v) is 16.0. The second-order valence-corrected chi connectivity index (χ2v) is 7.12. The van der Waals surface area contributed by atoms with E-state index in [1.807, 2.05) is 55.5 Å². The Morgan fingerprint density at radius 2 is 1.88 bits per heavy atom. The molecule has 134 valence electrons. The molecular weight excluding hydrogens is 344 g/mol. The Balaban J connectivity index is 1.89. The first-order valence-corrected chi connectivity index (χ1v) is 9.45. The van der Waals surface area contributed by atoms with Gasteiger partial charge >= 0.3 is 0 Å². The van der Waals surface area contributed by atoms with Crippen LogP contribution in [0.3, 0.4) is 0 Å². The van der Waals surface area contributed by atoms with Gasteiger partial charge in [-0.15, -0.1) is 11.3 Å². The maximum absolute atomic E-state index is 12.6. The molecule has 0 saturated heterocycles. The Labute approximate surface area is 157 Å². The molecule has 5 heteroatoms. The average molecular weight is 366 g/mol. The van der Waals surface area contributed by atoms with Crippen LogP contribution >= 0.6 is 11.3 Å². The summed E-state index contributed by atoms with van der Waals surface area (Å²) in [5.41, 5.74) is 3.58. The van der Waals surface area contributed by atoms with Crippen molar-refractivity contribution >= 4 is 22.4 Å². The number of hydrogen-bond donors (Lipinski definition) is 1. The number of hydrogen-bond acceptors (Lipinski definition) is 4. The van der Waals surface area contributed by atoms with Crippen molar-refractivity contribution in [3.8, 4) is 17.0 Å². The van der Waals surface area contributed by atoms with E-state index in [2.05, 4.69) is 12.2 Å². The molecule has 0 aliphatic rings. The highest BCUT2D eigenvalue weighted by atomic mass is 32.1. The standard InChI is InChI=1S/C21H22N2O2S/c1-4-7-18-19(15-10-12-16(25-3)13-11-15)22-21(26-18)23-20(24)17-9-6-5-8-14(17)2/h5-6,8-13H,4,7H2,1-3H3,(H,22,23,24). The van der Waals surface area contributed by atoms with Crippen LogP contribution in [0.2, 0.25) is 0 Å². The lowest BCUT2D eigenvalue weighted by Gasteiger charge is -2.04. The number of anilines is 1. The summed E-state index contributed by atoms with van der Waals surface area (Å²) >= 11 is 1.54. The summed E-state index contributed by atoms with van der Waals surface area (Å²) in [7, 11) is 1.65. The first-order chi connectivity index (χ1) is 12.6. The molecule has 3 rings (SSSR count). The highest BCUT2D eigenvalue weighted by Gasteiger charge is 2.16. The van der Waals surface area contributed by atoms with Crippen molar-refractivity contribution in [2.45, 2.75) is 26.7 Å². The van der Waals surface area contributed by atoms with E-state index < -0.39 is 0 Å². The van der Waals surface area contributed by atoms with Crippen LogP contribution in [0.25, 0.3) is 11.3 Å². The minimum atomic E-state index is -0.124. The van der Waals surface area contributed by atoms with Crippen LogP contribution < -0.4 is 10.1 Å². The normalized spacial score (nSPS) is 10.6. The number of thiazole rings is 1. The highest BCUT2D eigenvalue weighted by Crippen LogP contribution is 2.33. The van der Waals surface area contributed by atoms with Crippen LogP contribution in [0.15, 0.2) is 48.5 Å². The number of aromatic nitrogens is 1. The summed E-state index contributed by atoms with van der Waals surface area (Å²) < 4.78 is 5.23. The van der Waals surface area contributed by atoms with Crippen LogP contribution in [0.1, 0.15) is 34.1 Å². The minimum Gasteiger partial charge on any atom is -0.497 e. The van der Waals surface area contributed by atoms with Gasteiger partial charge in [-0.1, -0.05) is 31.5 Å². The van der Waals surface area contributed by atoms with Crippen LogP contribution in [0.4, 0.5) is 5.13 Å². The first kappa shape index (κ1) is 18.1. The van der Waals surface area contributed by atoms with E-state index in [4.69, 9.17) is 9.72 Å². The summed E-state index contributed by atoms with van der Waals surface area (Å²) in [5, 5.41) is 3.59. The van der Waals surface area contributed by atoms with E-state index in [0.717, 1.165) is 35.4 Å². The fourth-order valence-electron chi connectivity index (χ4n) is 2.77. The lowest BCUT2D eigenvalue weighted by atomic mass is 10.1. The number of rotatable bonds is 6. The molecule has 0 aliphatic heterocycles. The monoisotopic (exact) mass is 366 g/mol. The summed E-state index contributed by atoms with van der Waals surface area (Å²) in [4.78, 5) is 18.4. The van der Waals surface area contributed by atoms with Gasteiger partial charge < -0.3 is 4.74 Å². The van der Waals surface area contributed by atoms with Crippen LogP contribution in [-0.4, -0.2) is 18.0 Å². The van der Waals surface area contributed by atoms with E-state index in [-0.39, 0.29) is 5.91 Å². The fourth-order valence-corrected chi connectivity index (χ4v) is 3.85. The van der Waals surface area contributed by atoms with Gasteiger partial charge in [0.1, 0.15) is 5.75 Å². The van der Waals surface area contributed by atoms with Gasteiger partial charge in [0.05, 0.1) is 12.8 Å². The van der Waals surface area contributed by atoms with Crippen molar-refractivity contribution in [1.82, 2.24) is 4.98 Å². The van der Waals surface area contributed by atoms with Crippen LogP contribution in [0.5, 0.6) is 5.75 Å². The molecule has 0 saturated carbocycles. The summed E-state index contributed by atoms with van der Waals surface area (Å²) in [6, 6.07) is 15.4. The van der Waals surface area contributed by atoms with Gasteiger partial charge in [-0.2, -0.15) is 0 Å². The molecule has 0 aliphatic carbocycles. The first-order valence-electron chi connectivity index (χ1n) is 8.63. The van der Waals surface area contributed by atoms with E-state index in [1.165, 1.54) is 4.88 Å².